The normalized spacial score (nSPS) is 15.3. The lowest BCUT2D eigenvalue weighted by atomic mass is 10.1. The van der Waals surface area contributed by atoms with Gasteiger partial charge in [0.05, 0.1) is 5.52 Å². The summed E-state index contributed by atoms with van der Waals surface area (Å²) < 4.78 is 1.64. The molecule has 1 aliphatic heterocycles. The summed E-state index contributed by atoms with van der Waals surface area (Å²) in [5.74, 6) is 0.316. The van der Waals surface area contributed by atoms with Crippen molar-refractivity contribution in [1.82, 2.24) is 14.9 Å². The first-order valence-corrected chi connectivity index (χ1v) is 9.66. The fraction of sp³-hybridized carbons (Fsp3) is 0.200. The number of aromatic nitrogens is 2. The van der Waals surface area contributed by atoms with Gasteiger partial charge in [-0.15, -0.1) is 0 Å². The monoisotopic (exact) mass is 412 g/mol. The number of amides is 1. The number of para-hydroxylation sites is 1. The van der Waals surface area contributed by atoms with Crippen molar-refractivity contribution in [2.45, 2.75) is 25.4 Å². The summed E-state index contributed by atoms with van der Waals surface area (Å²) in [6.45, 7) is 0.352. The van der Waals surface area contributed by atoms with E-state index in [9.17, 15) is 9.59 Å². The van der Waals surface area contributed by atoms with Gasteiger partial charge >= 0.3 is 0 Å². The number of benzene rings is 2. The molecule has 0 spiro atoms. The Morgan fingerprint density at radius 1 is 1.21 bits per heavy atom. The number of carbonyl (C=O) groups is 2. The molecule has 2 heterocycles. The summed E-state index contributed by atoms with van der Waals surface area (Å²) in [5.41, 5.74) is 1.58. The Morgan fingerprint density at radius 2 is 1.96 bits per heavy atom. The quantitative estimate of drug-likeness (QED) is 0.620. The third-order valence-corrected chi connectivity index (χ3v) is 5.36. The molecule has 28 heavy (non-hydrogen) atoms. The topological polar surface area (TPSA) is 76.0 Å². The van der Waals surface area contributed by atoms with Crippen molar-refractivity contribution in [3.05, 3.63) is 63.9 Å². The van der Waals surface area contributed by atoms with Crippen molar-refractivity contribution in [1.29, 1.82) is 0 Å². The van der Waals surface area contributed by atoms with Gasteiger partial charge < -0.3 is 10.6 Å². The first-order valence-electron chi connectivity index (χ1n) is 8.87. The average molecular weight is 413 g/mol. The molecule has 1 aliphatic rings. The molecule has 4 rings (SSSR count). The molecule has 0 bridgehead atoms. The van der Waals surface area contributed by atoms with Gasteiger partial charge in [0.2, 0.25) is 10.7 Å². The molecule has 2 N–H and O–H groups in total. The van der Waals surface area contributed by atoms with Crippen LogP contribution in [0.25, 0.3) is 10.9 Å². The van der Waals surface area contributed by atoms with Gasteiger partial charge in [0, 0.05) is 23.4 Å². The molecular formula is C20H17ClN4O2S. The second-order valence-electron chi connectivity index (χ2n) is 6.54. The van der Waals surface area contributed by atoms with E-state index < -0.39 is 6.04 Å². The van der Waals surface area contributed by atoms with Gasteiger partial charge in [-0.3, -0.25) is 9.59 Å². The lowest BCUT2D eigenvalue weighted by Gasteiger charge is -2.10. The second kappa shape index (κ2) is 7.69. The van der Waals surface area contributed by atoms with E-state index in [1.165, 1.54) is 4.57 Å². The Bertz CT molecular complexity index is 1140. The van der Waals surface area contributed by atoms with Crippen LogP contribution in [-0.2, 0) is 11.3 Å². The van der Waals surface area contributed by atoms with E-state index in [0.717, 1.165) is 16.5 Å². The Kier molecular flexibility index (Phi) is 5.11. The number of anilines is 1. The zero-order chi connectivity index (χ0) is 19.7. The maximum atomic E-state index is 12.7. The molecule has 142 valence electrons. The molecule has 0 fully saturated rings. The molecule has 1 amide bonds. The highest BCUT2D eigenvalue weighted by molar-refractivity contribution is 7.71. The Hall–Kier alpha value is -2.77. The highest BCUT2D eigenvalue weighted by atomic mass is 35.5. The standard InChI is InChI=1S/C20H17ClN4O2S/c21-14-7-3-1-5-12(14)11-22-17(26)10-9-16-19(27)25-18(23-16)13-6-2-4-8-15(13)24-20(25)28/h1-8,16,23H,9-11H2,(H,22,26). The largest absolute Gasteiger partial charge is 0.359 e. The first-order chi connectivity index (χ1) is 13.5. The maximum Gasteiger partial charge on any atom is 0.257 e. The third-order valence-electron chi connectivity index (χ3n) is 4.71. The molecule has 2 aromatic carbocycles. The summed E-state index contributed by atoms with van der Waals surface area (Å²) in [6, 6.07) is 14.3. The Morgan fingerprint density at radius 3 is 2.79 bits per heavy atom. The van der Waals surface area contributed by atoms with Crippen molar-refractivity contribution < 1.29 is 9.59 Å². The lowest BCUT2D eigenvalue weighted by Crippen LogP contribution is -2.29. The van der Waals surface area contributed by atoms with Crippen LogP contribution in [0.2, 0.25) is 5.02 Å². The van der Waals surface area contributed by atoms with Crippen LogP contribution in [0.5, 0.6) is 0 Å². The molecule has 0 saturated heterocycles. The number of carbonyl (C=O) groups excluding carboxylic acids is 2. The molecule has 0 radical (unpaired) electrons. The van der Waals surface area contributed by atoms with Crippen LogP contribution in [0.1, 0.15) is 23.2 Å². The SMILES string of the molecule is O=C(CCC1Nc2c3ccccc3nc(=S)n2C1=O)NCc1ccccc1Cl. The first kappa shape index (κ1) is 18.6. The van der Waals surface area contributed by atoms with Gasteiger partial charge in [-0.2, -0.15) is 0 Å². The maximum absolute atomic E-state index is 12.7. The zero-order valence-electron chi connectivity index (χ0n) is 14.8. The van der Waals surface area contributed by atoms with Crippen LogP contribution in [0.15, 0.2) is 48.5 Å². The van der Waals surface area contributed by atoms with Gasteiger partial charge in [0.1, 0.15) is 11.9 Å². The van der Waals surface area contributed by atoms with E-state index in [4.69, 9.17) is 23.8 Å². The fourth-order valence-electron chi connectivity index (χ4n) is 3.26. The van der Waals surface area contributed by atoms with Crippen molar-refractivity contribution >= 4 is 52.4 Å². The Labute approximate surface area is 171 Å². The number of nitrogens with zero attached hydrogens (tertiary/aromatic N) is 2. The van der Waals surface area contributed by atoms with Crippen molar-refractivity contribution in [2.24, 2.45) is 0 Å². The number of hydrogen-bond acceptors (Lipinski definition) is 5. The summed E-state index contributed by atoms with van der Waals surface area (Å²) in [6.07, 6.45) is 0.568. The van der Waals surface area contributed by atoms with Gasteiger partial charge in [0.15, 0.2) is 0 Å². The molecular weight excluding hydrogens is 396 g/mol. The van der Waals surface area contributed by atoms with Crippen LogP contribution in [-0.4, -0.2) is 27.4 Å². The zero-order valence-corrected chi connectivity index (χ0v) is 16.4. The van der Waals surface area contributed by atoms with Gasteiger partial charge in [-0.25, -0.2) is 9.55 Å². The predicted molar refractivity (Wildman–Crippen MR) is 111 cm³/mol. The smallest absolute Gasteiger partial charge is 0.257 e. The van der Waals surface area contributed by atoms with E-state index >= 15 is 0 Å². The van der Waals surface area contributed by atoms with Gasteiger partial charge in [0.25, 0.3) is 5.91 Å². The molecule has 1 atom stereocenters. The molecule has 0 aliphatic carbocycles. The number of nitrogens with one attached hydrogen (secondary N) is 2. The number of hydrogen-bond donors (Lipinski definition) is 2. The highest BCUT2D eigenvalue weighted by Crippen LogP contribution is 2.29. The summed E-state index contributed by atoms with van der Waals surface area (Å²) in [5, 5.41) is 7.49. The highest BCUT2D eigenvalue weighted by Gasteiger charge is 2.31. The molecule has 1 unspecified atom stereocenters. The van der Waals surface area contributed by atoms with E-state index in [1.54, 1.807) is 6.07 Å². The second-order valence-corrected chi connectivity index (χ2v) is 7.31. The number of rotatable bonds is 5. The lowest BCUT2D eigenvalue weighted by molar-refractivity contribution is -0.121. The predicted octanol–water partition coefficient (Wildman–Crippen LogP) is 3.95. The van der Waals surface area contributed by atoms with E-state index in [1.807, 2.05) is 42.5 Å². The molecule has 3 aromatic rings. The number of fused-ring (bicyclic) bond motifs is 3. The van der Waals surface area contributed by atoms with Gasteiger partial charge in [-0.05, 0) is 42.4 Å². The van der Waals surface area contributed by atoms with Crippen molar-refractivity contribution in [3.63, 3.8) is 0 Å². The van der Waals surface area contributed by atoms with E-state index in [0.29, 0.717) is 23.8 Å². The van der Waals surface area contributed by atoms with Crippen LogP contribution >= 0.6 is 23.8 Å². The minimum atomic E-state index is -0.514. The molecule has 6 nitrogen and oxygen atoms in total. The van der Waals surface area contributed by atoms with E-state index in [2.05, 4.69) is 15.6 Å². The third kappa shape index (κ3) is 3.50. The molecule has 0 saturated carbocycles. The summed E-state index contributed by atoms with van der Waals surface area (Å²) >= 11 is 11.4. The van der Waals surface area contributed by atoms with Crippen molar-refractivity contribution in [2.75, 3.05) is 5.32 Å². The molecule has 1 aromatic heterocycles. The minimum Gasteiger partial charge on any atom is -0.359 e. The fourth-order valence-corrected chi connectivity index (χ4v) is 3.75. The number of halogens is 1. The summed E-state index contributed by atoms with van der Waals surface area (Å²) in [4.78, 5) is 29.3. The molecule has 8 heteroatoms. The summed E-state index contributed by atoms with van der Waals surface area (Å²) in [7, 11) is 0. The Balaban J connectivity index is 1.42. The van der Waals surface area contributed by atoms with Crippen LogP contribution in [0.4, 0.5) is 5.82 Å². The van der Waals surface area contributed by atoms with Crippen LogP contribution < -0.4 is 10.6 Å². The van der Waals surface area contributed by atoms with Crippen molar-refractivity contribution in [3.8, 4) is 0 Å². The van der Waals surface area contributed by atoms with Crippen LogP contribution in [0.3, 0.4) is 0 Å². The van der Waals surface area contributed by atoms with Crippen LogP contribution in [0, 0.1) is 4.77 Å². The average Bonchev–Trinajstić information content (AvgIpc) is 3.03. The minimum absolute atomic E-state index is 0.142. The van der Waals surface area contributed by atoms with E-state index in [-0.39, 0.29) is 23.0 Å². The van der Waals surface area contributed by atoms with Gasteiger partial charge in [-0.1, -0.05) is 41.9 Å².